The monoisotopic (exact) mass is 407 g/mol. The molecule has 0 aliphatic rings. The molecule has 2 rings (SSSR count). The van der Waals surface area contributed by atoms with Crippen molar-refractivity contribution in [3.05, 3.63) is 56.5 Å². The summed E-state index contributed by atoms with van der Waals surface area (Å²) in [5, 5.41) is 0.0118. The van der Waals surface area contributed by atoms with E-state index in [1.807, 2.05) is 0 Å². The van der Waals surface area contributed by atoms with Crippen molar-refractivity contribution in [2.75, 3.05) is 4.72 Å². The molecule has 0 fully saturated rings. The van der Waals surface area contributed by atoms with Crippen LogP contribution in [0, 0.1) is 0 Å². The topological polar surface area (TPSA) is 63.2 Å². The zero-order valence-corrected chi connectivity index (χ0v) is 14.2. The molecule has 0 unspecified atom stereocenters. The fourth-order valence-electron chi connectivity index (χ4n) is 1.62. The van der Waals surface area contributed by atoms with Crippen LogP contribution < -0.4 is 4.72 Å². The van der Waals surface area contributed by atoms with Crippen LogP contribution >= 0.6 is 39.1 Å². The summed E-state index contributed by atoms with van der Waals surface area (Å²) in [4.78, 5) is 10.4. The Morgan fingerprint density at radius 2 is 1.57 bits per heavy atom. The van der Waals surface area contributed by atoms with Gasteiger partial charge in [0, 0.05) is 15.7 Å². The van der Waals surface area contributed by atoms with E-state index in [2.05, 4.69) is 20.7 Å². The number of aldehydes is 1. The van der Waals surface area contributed by atoms with E-state index < -0.39 is 10.0 Å². The Labute approximate surface area is 140 Å². The summed E-state index contributed by atoms with van der Waals surface area (Å²) in [6.07, 6.45) is 0.667. The van der Waals surface area contributed by atoms with Gasteiger partial charge >= 0.3 is 0 Å². The molecule has 0 aromatic heterocycles. The summed E-state index contributed by atoms with van der Waals surface area (Å²) in [6, 6.07) is 8.82. The van der Waals surface area contributed by atoms with E-state index in [0.717, 1.165) is 0 Å². The largest absolute Gasteiger partial charge is 0.298 e. The molecule has 0 aliphatic carbocycles. The highest BCUT2D eigenvalue weighted by atomic mass is 79.9. The molecule has 2 aromatic carbocycles. The maximum absolute atomic E-state index is 12.3. The fourth-order valence-corrected chi connectivity index (χ4v) is 4.62. The minimum Gasteiger partial charge on any atom is -0.298 e. The molecular formula is C13H8BrCl2NO3S. The zero-order chi connectivity index (χ0) is 15.6. The average Bonchev–Trinajstić information content (AvgIpc) is 2.37. The first-order valence-corrected chi connectivity index (χ1v) is 8.59. The van der Waals surface area contributed by atoms with Crippen LogP contribution in [0.2, 0.25) is 10.0 Å². The summed E-state index contributed by atoms with van der Waals surface area (Å²) >= 11 is 15.1. The van der Waals surface area contributed by atoms with Crippen molar-refractivity contribution in [3.63, 3.8) is 0 Å². The number of sulfonamides is 1. The van der Waals surface area contributed by atoms with Gasteiger partial charge < -0.3 is 0 Å². The van der Waals surface area contributed by atoms with Crippen molar-refractivity contribution in [2.45, 2.75) is 4.90 Å². The van der Waals surface area contributed by atoms with Gasteiger partial charge in [-0.1, -0.05) is 39.1 Å². The Balaban J connectivity index is 2.40. The standard InChI is InChI=1S/C13H8BrCl2NO3S/c14-9-5-11(15)13(12(16)6-9)21(19,20)17-10-3-1-8(7-18)2-4-10/h1-7,17H. The second-order valence-corrected chi connectivity index (χ2v) is 7.39. The van der Waals surface area contributed by atoms with Crippen molar-refractivity contribution in [3.8, 4) is 0 Å². The average molecular weight is 409 g/mol. The van der Waals surface area contributed by atoms with Crippen LogP contribution in [-0.4, -0.2) is 14.7 Å². The molecule has 2 aromatic rings. The van der Waals surface area contributed by atoms with E-state index in [9.17, 15) is 13.2 Å². The van der Waals surface area contributed by atoms with Gasteiger partial charge in [0.05, 0.1) is 10.0 Å². The van der Waals surface area contributed by atoms with Gasteiger partial charge in [0.25, 0.3) is 10.0 Å². The third kappa shape index (κ3) is 3.77. The van der Waals surface area contributed by atoms with Crippen molar-refractivity contribution >= 4 is 61.1 Å². The van der Waals surface area contributed by atoms with E-state index in [-0.39, 0.29) is 14.9 Å². The van der Waals surface area contributed by atoms with Gasteiger partial charge in [-0.15, -0.1) is 0 Å². The number of hydrogen-bond acceptors (Lipinski definition) is 3. The molecule has 1 N–H and O–H groups in total. The van der Waals surface area contributed by atoms with Gasteiger partial charge in [0.1, 0.15) is 11.2 Å². The number of benzene rings is 2. The Morgan fingerprint density at radius 1 is 1.05 bits per heavy atom. The molecule has 0 atom stereocenters. The maximum atomic E-state index is 12.3. The lowest BCUT2D eigenvalue weighted by Gasteiger charge is -2.11. The van der Waals surface area contributed by atoms with Gasteiger partial charge in [-0.3, -0.25) is 9.52 Å². The molecule has 4 nitrogen and oxygen atoms in total. The number of anilines is 1. The lowest BCUT2D eigenvalue weighted by molar-refractivity contribution is 0.112. The fraction of sp³-hybridized carbons (Fsp3) is 0. The molecule has 8 heteroatoms. The summed E-state index contributed by atoms with van der Waals surface area (Å²) in [6.45, 7) is 0. The first kappa shape index (κ1) is 16.3. The van der Waals surface area contributed by atoms with Gasteiger partial charge in [0.2, 0.25) is 0 Å². The molecule has 0 aliphatic heterocycles. The molecular weight excluding hydrogens is 401 g/mol. The second kappa shape index (κ2) is 6.36. The summed E-state index contributed by atoms with van der Waals surface area (Å²) in [5.74, 6) is 0. The molecule has 110 valence electrons. The summed E-state index contributed by atoms with van der Waals surface area (Å²) in [5.41, 5.74) is 0.744. The van der Waals surface area contributed by atoms with Crippen LogP contribution in [0.3, 0.4) is 0 Å². The highest BCUT2D eigenvalue weighted by Crippen LogP contribution is 2.33. The number of carbonyl (C=O) groups excluding carboxylic acids is 1. The van der Waals surface area contributed by atoms with Crippen LogP contribution in [-0.2, 0) is 10.0 Å². The van der Waals surface area contributed by atoms with Gasteiger partial charge in [0.15, 0.2) is 0 Å². The predicted molar refractivity (Wildman–Crippen MR) is 86.8 cm³/mol. The minimum atomic E-state index is -3.93. The maximum Gasteiger partial charge on any atom is 0.264 e. The molecule has 0 saturated carbocycles. The van der Waals surface area contributed by atoms with Gasteiger partial charge in [-0.05, 0) is 36.4 Å². The van der Waals surface area contributed by atoms with Crippen LogP contribution in [0.15, 0.2) is 45.8 Å². The normalized spacial score (nSPS) is 11.2. The smallest absolute Gasteiger partial charge is 0.264 e. The van der Waals surface area contributed by atoms with E-state index in [1.54, 1.807) is 0 Å². The van der Waals surface area contributed by atoms with Crippen LogP contribution in [0.25, 0.3) is 0 Å². The highest BCUT2D eigenvalue weighted by molar-refractivity contribution is 9.10. The summed E-state index contributed by atoms with van der Waals surface area (Å²) in [7, 11) is -3.93. The molecule has 0 spiro atoms. The van der Waals surface area contributed by atoms with Crippen molar-refractivity contribution in [1.29, 1.82) is 0 Å². The number of nitrogens with one attached hydrogen (secondary N) is 1. The summed E-state index contributed by atoms with van der Waals surface area (Å²) < 4.78 is 27.6. The van der Waals surface area contributed by atoms with E-state index >= 15 is 0 Å². The van der Waals surface area contributed by atoms with E-state index in [1.165, 1.54) is 36.4 Å². The first-order chi connectivity index (χ1) is 9.83. The number of carbonyl (C=O) groups is 1. The van der Waals surface area contributed by atoms with Crippen molar-refractivity contribution in [1.82, 2.24) is 0 Å². The van der Waals surface area contributed by atoms with Crippen LogP contribution in [0.5, 0.6) is 0 Å². The second-order valence-electron chi connectivity index (χ2n) is 4.04. The highest BCUT2D eigenvalue weighted by Gasteiger charge is 2.22. The quantitative estimate of drug-likeness (QED) is 0.764. The molecule has 0 saturated heterocycles. The van der Waals surface area contributed by atoms with Gasteiger partial charge in [-0.25, -0.2) is 8.42 Å². The minimum absolute atomic E-state index is 0.00591. The Morgan fingerprint density at radius 3 is 2.05 bits per heavy atom. The number of hydrogen-bond donors (Lipinski definition) is 1. The lowest BCUT2D eigenvalue weighted by atomic mass is 10.2. The molecule has 0 bridgehead atoms. The Kier molecular flexibility index (Phi) is 4.93. The number of rotatable bonds is 4. The third-order valence-electron chi connectivity index (χ3n) is 2.53. The third-order valence-corrected chi connectivity index (χ3v) is 5.29. The molecule has 21 heavy (non-hydrogen) atoms. The molecule has 0 amide bonds. The van der Waals surface area contributed by atoms with E-state index in [0.29, 0.717) is 22.0 Å². The molecule has 0 heterocycles. The molecule has 0 radical (unpaired) electrons. The van der Waals surface area contributed by atoms with Crippen molar-refractivity contribution < 1.29 is 13.2 Å². The zero-order valence-electron chi connectivity index (χ0n) is 10.3. The lowest BCUT2D eigenvalue weighted by Crippen LogP contribution is -2.14. The SMILES string of the molecule is O=Cc1ccc(NS(=O)(=O)c2c(Cl)cc(Br)cc2Cl)cc1. The van der Waals surface area contributed by atoms with Crippen LogP contribution in [0.4, 0.5) is 5.69 Å². The van der Waals surface area contributed by atoms with Crippen LogP contribution in [0.1, 0.15) is 10.4 Å². The predicted octanol–water partition coefficient (Wildman–Crippen LogP) is 4.37. The Hall–Kier alpha value is -1.08. The number of halogens is 3. The van der Waals surface area contributed by atoms with E-state index in [4.69, 9.17) is 23.2 Å². The van der Waals surface area contributed by atoms with Crippen molar-refractivity contribution in [2.24, 2.45) is 0 Å². The Bertz CT molecular complexity index is 769. The van der Waals surface area contributed by atoms with Gasteiger partial charge in [-0.2, -0.15) is 0 Å². The first-order valence-electron chi connectivity index (χ1n) is 5.56.